The molecule has 2 N–H and O–H groups in total. The number of aliphatic imine (C=N–C) groups is 1. The van der Waals surface area contributed by atoms with Gasteiger partial charge < -0.3 is 15.4 Å². The number of hydrogen-bond donors (Lipinski definition) is 2. The molecule has 0 aliphatic carbocycles. The molecule has 176 valence electrons. The zero-order chi connectivity index (χ0) is 24.4. The van der Waals surface area contributed by atoms with Crippen LogP contribution in [0.4, 0.5) is 11.4 Å². The number of anilines is 1. The molecule has 34 heavy (non-hydrogen) atoms. The zero-order valence-electron chi connectivity index (χ0n) is 19.4. The molecule has 0 spiro atoms. The topological polar surface area (TPSA) is 115 Å². The second-order valence-electron chi connectivity index (χ2n) is 7.83. The summed E-state index contributed by atoms with van der Waals surface area (Å²) in [6.07, 6.45) is 1.46. The van der Waals surface area contributed by atoms with Gasteiger partial charge in [-0.25, -0.2) is 14.8 Å². The van der Waals surface area contributed by atoms with Crippen LogP contribution in [0, 0.1) is 13.8 Å². The lowest BCUT2D eigenvalue weighted by Crippen LogP contribution is -2.36. The number of hydrogen-bond acceptors (Lipinski definition) is 8. The highest BCUT2D eigenvalue weighted by atomic mass is 32.1. The van der Waals surface area contributed by atoms with Gasteiger partial charge in [0.25, 0.3) is 5.56 Å². The van der Waals surface area contributed by atoms with Gasteiger partial charge in [-0.1, -0.05) is 12.1 Å². The third-order valence-electron chi connectivity index (χ3n) is 5.54. The third-order valence-corrected chi connectivity index (χ3v) is 6.66. The molecule has 0 atom stereocenters. The molecule has 3 heterocycles. The van der Waals surface area contributed by atoms with E-state index < -0.39 is 11.9 Å². The van der Waals surface area contributed by atoms with Crippen LogP contribution in [0.2, 0.25) is 0 Å². The number of carbonyl (C=O) groups excluding carboxylic acids is 2. The van der Waals surface area contributed by atoms with Crippen LogP contribution in [-0.4, -0.2) is 33.9 Å². The van der Waals surface area contributed by atoms with E-state index in [-0.39, 0.29) is 36.5 Å². The lowest BCUT2D eigenvalue weighted by molar-refractivity contribution is -0.137. The molecule has 2 aromatic heterocycles. The van der Waals surface area contributed by atoms with Crippen molar-refractivity contribution < 1.29 is 14.3 Å². The van der Waals surface area contributed by atoms with Gasteiger partial charge >= 0.3 is 5.97 Å². The number of fused-ring (bicyclic) bond motifs is 2. The molecule has 4 rings (SSSR count). The molecule has 0 bridgehead atoms. The van der Waals surface area contributed by atoms with Crippen LogP contribution in [0.3, 0.4) is 0 Å². The van der Waals surface area contributed by atoms with Crippen molar-refractivity contribution in [2.75, 3.05) is 11.9 Å². The summed E-state index contributed by atoms with van der Waals surface area (Å²) in [5.74, 6) is -0.880. The Bertz CT molecular complexity index is 1420. The fraction of sp³-hybridized carbons (Fsp3) is 0.292. The fourth-order valence-corrected chi connectivity index (χ4v) is 4.67. The summed E-state index contributed by atoms with van der Waals surface area (Å²) in [5.41, 5.74) is 2.68. The minimum Gasteiger partial charge on any atom is -0.462 e. The number of benzene rings is 1. The molecule has 0 saturated heterocycles. The van der Waals surface area contributed by atoms with E-state index in [4.69, 9.17) is 4.74 Å². The molecule has 0 radical (unpaired) electrons. The number of amidine groups is 1. The zero-order valence-corrected chi connectivity index (χ0v) is 20.2. The lowest BCUT2D eigenvalue weighted by Gasteiger charge is -2.13. The van der Waals surface area contributed by atoms with Crippen molar-refractivity contribution in [1.29, 1.82) is 0 Å². The molecule has 0 saturated carbocycles. The number of para-hydroxylation sites is 2. The van der Waals surface area contributed by atoms with Gasteiger partial charge in [-0.05, 0) is 45.4 Å². The van der Waals surface area contributed by atoms with E-state index in [0.29, 0.717) is 27.3 Å². The van der Waals surface area contributed by atoms with Gasteiger partial charge in [0.15, 0.2) is 0 Å². The Morgan fingerprint density at radius 2 is 1.97 bits per heavy atom. The van der Waals surface area contributed by atoms with Crippen LogP contribution in [0.5, 0.6) is 0 Å². The van der Waals surface area contributed by atoms with Gasteiger partial charge in [-0.3, -0.25) is 14.2 Å². The molecule has 0 unspecified atom stereocenters. The van der Waals surface area contributed by atoms with Crippen molar-refractivity contribution >= 4 is 50.6 Å². The maximum Gasteiger partial charge on any atom is 0.343 e. The van der Waals surface area contributed by atoms with Gasteiger partial charge in [0, 0.05) is 23.5 Å². The van der Waals surface area contributed by atoms with E-state index >= 15 is 0 Å². The number of aromatic nitrogens is 2. The molecule has 10 heteroatoms. The first-order valence-electron chi connectivity index (χ1n) is 10.9. The summed E-state index contributed by atoms with van der Waals surface area (Å²) in [6.45, 7) is 7.61. The number of esters is 1. The fourth-order valence-electron chi connectivity index (χ4n) is 3.68. The van der Waals surface area contributed by atoms with Crippen molar-refractivity contribution in [3.8, 4) is 0 Å². The van der Waals surface area contributed by atoms with Crippen molar-refractivity contribution in [3.05, 3.63) is 62.7 Å². The maximum absolute atomic E-state index is 12.9. The Morgan fingerprint density at radius 3 is 2.74 bits per heavy atom. The highest BCUT2D eigenvalue weighted by Gasteiger charge is 2.26. The second-order valence-corrected chi connectivity index (χ2v) is 9.03. The number of amides is 1. The van der Waals surface area contributed by atoms with E-state index in [2.05, 4.69) is 20.6 Å². The van der Waals surface area contributed by atoms with Crippen LogP contribution in [0.1, 0.15) is 30.7 Å². The second kappa shape index (κ2) is 9.60. The Kier molecular flexibility index (Phi) is 6.60. The summed E-state index contributed by atoms with van der Waals surface area (Å²) in [5, 5.41) is 6.49. The van der Waals surface area contributed by atoms with Crippen molar-refractivity contribution in [2.45, 2.75) is 40.7 Å². The minimum atomic E-state index is -0.589. The average molecular weight is 480 g/mol. The molecule has 0 fully saturated rings. The first-order chi connectivity index (χ1) is 16.3. The first-order valence-corrected chi connectivity index (χ1v) is 11.7. The monoisotopic (exact) mass is 479 g/mol. The number of nitrogens with one attached hydrogen (secondary N) is 2. The highest BCUT2D eigenvalue weighted by molar-refractivity contribution is 7.18. The van der Waals surface area contributed by atoms with Crippen LogP contribution in [0.15, 0.2) is 51.6 Å². The largest absolute Gasteiger partial charge is 0.462 e. The standard InChI is InChI=1S/C24H25N5O4S/c1-5-33-24(32)20-14(3)26-16-8-6-7-9-17(16)27-21(20)28-18(30)10-11-29-12-25-22-19(23(29)31)13(2)15(4)34-22/h6-9,12,26H,5,10-11H2,1-4H3,(H,27,28,30). The SMILES string of the molecule is CCOC(=O)C1=C(C)Nc2ccccc2N=C1NC(=O)CCn1cnc2sc(C)c(C)c2c1=O. The summed E-state index contributed by atoms with van der Waals surface area (Å²) in [7, 11) is 0. The van der Waals surface area contributed by atoms with Crippen molar-refractivity contribution in [1.82, 2.24) is 14.9 Å². The van der Waals surface area contributed by atoms with E-state index in [1.165, 1.54) is 22.2 Å². The number of thiophene rings is 1. The van der Waals surface area contributed by atoms with Gasteiger partial charge in [0.05, 0.1) is 29.7 Å². The smallest absolute Gasteiger partial charge is 0.343 e. The Morgan fingerprint density at radius 1 is 1.21 bits per heavy atom. The van der Waals surface area contributed by atoms with Crippen molar-refractivity contribution in [3.63, 3.8) is 0 Å². The Balaban J connectivity index is 1.58. The molecular formula is C24H25N5O4S. The molecule has 1 aromatic carbocycles. The third kappa shape index (κ3) is 4.49. The molecule has 1 amide bonds. The first kappa shape index (κ1) is 23.4. The van der Waals surface area contributed by atoms with Gasteiger partial charge in [0.1, 0.15) is 16.2 Å². The predicted molar refractivity (Wildman–Crippen MR) is 133 cm³/mol. The molecule has 3 aromatic rings. The van der Waals surface area contributed by atoms with Gasteiger partial charge in [-0.15, -0.1) is 11.3 Å². The minimum absolute atomic E-state index is 0.00148. The van der Waals surface area contributed by atoms with E-state index in [1.54, 1.807) is 19.9 Å². The average Bonchev–Trinajstić information content (AvgIpc) is 3.00. The number of rotatable bonds is 5. The van der Waals surface area contributed by atoms with Gasteiger partial charge in [0.2, 0.25) is 5.91 Å². The maximum atomic E-state index is 12.9. The van der Waals surface area contributed by atoms with Crippen molar-refractivity contribution in [2.24, 2.45) is 4.99 Å². The molecule has 9 nitrogen and oxygen atoms in total. The summed E-state index contributed by atoms with van der Waals surface area (Å²) < 4.78 is 6.63. The van der Waals surface area contributed by atoms with E-state index in [0.717, 1.165) is 10.4 Å². The molecular weight excluding hydrogens is 454 g/mol. The summed E-state index contributed by atoms with van der Waals surface area (Å²) >= 11 is 1.48. The Hall–Kier alpha value is -3.79. The summed E-state index contributed by atoms with van der Waals surface area (Å²) in [4.78, 5) is 49.1. The van der Waals surface area contributed by atoms with Crippen LogP contribution in [-0.2, 0) is 20.9 Å². The normalized spacial score (nSPS) is 13.1. The lowest BCUT2D eigenvalue weighted by atomic mass is 10.2. The Labute approximate surface area is 200 Å². The number of carbonyl (C=O) groups is 2. The van der Waals surface area contributed by atoms with E-state index in [9.17, 15) is 14.4 Å². The quantitative estimate of drug-likeness (QED) is 0.541. The molecule has 1 aliphatic heterocycles. The number of aryl methyl sites for hydroxylation is 3. The van der Waals surface area contributed by atoms with Crippen LogP contribution >= 0.6 is 11.3 Å². The highest BCUT2D eigenvalue weighted by Crippen LogP contribution is 2.30. The van der Waals surface area contributed by atoms with Crippen LogP contribution in [0.25, 0.3) is 10.2 Å². The van der Waals surface area contributed by atoms with E-state index in [1.807, 2.05) is 32.0 Å². The van der Waals surface area contributed by atoms with Crippen LogP contribution < -0.4 is 16.2 Å². The number of allylic oxidation sites excluding steroid dienone is 1. The molecule has 1 aliphatic rings. The van der Waals surface area contributed by atoms with Gasteiger partial charge in [-0.2, -0.15) is 0 Å². The summed E-state index contributed by atoms with van der Waals surface area (Å²) in [6, 6.07) is 7.28. The number of nitrogens with zero attached hydrogens (tertiary/aromatic N) is 3. The predicted octanol–water partition coefficient (Wildman–Crippen LogP) is 3.57. The number of ether oxygens (including phenoxy) is 1.